The zero-order valence-electron chi connectivity index (χ0n) is 9.12. The van der Waals surface area contributed by atoms with Crippen LogP contribution in [0.3, 0.4) is 0 Å². The van der Waals surface area contributed by atoms with Crippen molar-refractivity contribution in [3.05, 3.63) is 23.8 Å². The summed E-state index contributed by atoms with van der Waals surface area (Å²) < 4.78 is 5.23. The summed E-state index contributed by atoms with van der Waals surface area (Å²) in [6.07, 6.45) is 2.33. The van der Waals surface area contributed by atoms with Crippen molar-refractivity contribution in [2.45, 2.75) is 18.8 Å². The molecule has 15 heavy (non-hydrogen) atoms. The van der Waals surface area contributed by atoms with Gasteiger partial charge in [-0.05, 0) is 55.6 Å². The SMILES string of the molecule is COc1ccc(N)c(C2CCNCC2)c1. The zero-order chi connectivity index (χ0) is 10.7. The molecule has 1 fully saturated rings. The molecule has 3 nitrogen and oxygen atoms in total. The Kier molecular flexibility index (Phi) is 3.11. The van der Waals surface area contributed by atoms with Gasteiger partial charge in [-0.2, -0.15) is 0 Å². The molecule has 0 radical (unpaired) electrons. The predicted octanol–water partition coefficient (Wildman–Crippen LogP) is 1.74. The lowest BCUT2D eigenvalue weighted by Gasteiger charge is -2.24. The first-order valence-corrected chi connectivity index (χ1v) is 5.45. The first-order valence-electron chi connectivity index (χ1n) is 5.45. The van der Waals surface area contributed by atoms with Crippen LogP contribution in [0.1, 0.15) is 24.3 Å². The third-order valence-electron chi connectivity index (χ3n) is 3.07. The Morgan fingerprint density at radius 1 is 1.33 bits per heavy atom. The van der Waals surface area contributed by atoms with Gasteiger partial charge in [0.05, 0.1) is 7.11 Å². The van der Waals surface area contributed by atoms with Gasteiger partial charge in [0.15, 0.2) is 0 Å². The second kappa shape index (κ2) is 4.53. The van der Waals surface area contributed by atoms with Gasteiger partial charge in [-0.1, -0.05) is 0 Å². The molecule has 0 bridgehead atoms. The number of hydrogen-bond acceptors (Lipinski definition) is 3. The van der Waals surface area contributed by atoms with Gasteiger partial charge in [0.25, 0.3) is 0 Å². The minimum Gasteiger partial charge on any atom is -0.497 e. The first-order chi connectivity index (χ1) is 7.31. The maximum atomic E-state index is 6.00. The number of nitrogens with one attached hydrogen (secondary N) is 1. The molecule has 0 unspecified atom stereocenters. The number of nitrogen functional groups attached to an aromatic ring is 1. The van der Waals surface area contributed by atoms with Gasteiger partial charge in [0, 0.05) is 5.69 Å². The van der Waals surface area contributed by atoms with Crippen molar-refractivity contribution in [3.63, 3.8) is 0 Å². The van der Waals surface area contributed by atoms with Gasteiger partial charge in [0.1, 0.15) is 5.75 Å². The van der Waals surface area contributed by atoms with Crippen LogP contribution in [0.5, 0.6) is 5.75 Å². The lowest BCUT2D eigenvalue weighted by atomic mass is 9.89. The van der Waals surface area contributed by atoms with E-state index in [0.29, 0.717) is 5.92 Å². The van der Waals surface area contributed by atoms with E-state index in [1.54, 1.807) is 7.11 Å². The number of hydrogen-bond donors (Lipinski definition) is 2. The number of nitrogens with two attached hydrogens (primary N) is 1. The van der Waals surface area contributed by atoms with E-state index in [9.17, 15) is 0 Å². The fourth-order valence-corrected chi connectivity index (χ4v) is 2.17. The van der Waals surface area contributed by atoms with Crippen LogP contribution < -0.4 is 15.8 Å². The van der Waals surface area contributed by atoms with Gasteiger partial charge in [-0.3, -0.25) is 0 Å². The van der Waals surface area contributed by atoms with Crippen molar-refractivity contribution < 1.29 is 4.74 Å². The lowest BCUT2D eigenvalue weighted by Crippen LogP contribution is -2.27. The van der Waals surface area contributed by atoms with Crippen molar-refractivity contribution in [1.29, 1.82) is 0 Å². The summed E-state index contributed by atoms with van der Waals surface area (Å²) >= 11 is 0. The smallest absolute Gasteiger partial charge is 0.119 e. The van der Waals surface area contributed by atoms with Crippen LogP contribution in [-0.4, -0.2) is 20.2 Å². The molecule has 0 aromatic heterocycles. The molecule has 1 heterocycles. The molecule has 0 aliphatic carbocycles. The molecule has 0 saturated carbocycles. The molecule has 0 atom stereocenters. The zero-order valence-corrected chi connectivity index (χ0v) is 9.12. The van der Waals surface area contributed by atoms with E-state index in [4.69, 9.17) is 10.5 Å². The molecular formula is C12H18N2O. The van der Waals surface area contributed by atoms with Crippen LogP contribution in [0.2, 0.25) is 0 Å². The second-order valence-electron chi connectivity index (χ2n) is 4.02. The highest BCUT2D eigenvalue weighted by Crippen LogP contribution is 2.32. The van der Waals surface area contributed by atoms with Crippen molar-refractivity contribution in [2.24, 2.45) is 0 Å². The number of methoxy groups -OCH3 is 1. The number of rotatable bonds is 2. The number of anilines is 1. The highest BCUT2D eigenvalue weighted by atomic mass is 16.5. The summed E-state index contributed by atoms with van der Waals surface area (Å²) in [6, 6.07) is 5.93. The average Bonchev–Trinajstić information content (AvgIpc) is 2.31. The Hall–Kier alpha value is -1.22. The van der Waals surface area contributed by atoms with E-state index in [1.807, 2.05) is 12.1 Å². The first kappa shape index (κ1) is 10.3. The monoisotopic (exact) mass is 206 g/mol. The molecule has 1 aromatic rings. The molecule has 1 aliphatic rings. The Morgan fingerprint density at radius 3 is 2.73 bits per heavy atom. The average molecular weight is 206 g/mol. The van der Waals surface area contributed by atoms with Crippen molar-refractivity contribution in [3.8, 4) is 5.75 Å². The van der Waals surface area contributed by atoms with Gasteiger partial charge in [-0.25, -0.2) is 0 Å². The molecule has 82 valence electrons. The van der Waals surface area contributed by atoms with Crippen LogP contribution in [0.15, 0.2) is 18.2 Å². The standard InChI is InChI=1S/C12H18N2O/c1-15-10-2-3-12(13)11(8-10)9-4-6-14-7-5-9/h2-3,8-9,14H,4-7,13H2,1H3. The highest BCUT2D eigenvalue weighted by Gasteiger charge is 2.17. The third-order valence-corrected chi connectivity index (χ3v) is 3.07. The Labute approximate surface area is 90.6 Å². The van der Waals surface area contributed by atoms with E-state index in [2.05, 4.69) is 11.4 Å². The third kappa shape index (κ3) is 2.23. The van der Waals surface area contributed by atoms with E-state index < -0.39 is 0 Å². The van der Waals surface area contributed by atoms with Gasteiger partial charge < -0.3 is 15.8 Å². The maximum Gasteiger partial charge on any atom is 0.119 e. The van der Waals surface area contributed by atoms with Crippen LogP contribution >= 0.6 is 0 Å². The van der Waals surface area contributed by atoms with Crippen molar-refractivity contribution in [2.75, 3.05) is 25.9 Å². The van der Waals surface area contributed by atoms with Gasteiger partial charge in [-0.15, -0.1) is 0 Å². The fourth-order valence-electron chi connectivity index (χ4n) is 2.17. The van der Waals surface area contributed by atoms with E-state index in [1.165, 1.54) is 5.56 Å². The molecule has 1 saturated heterocycles. The van der Waals surface area contributed by atoms with E-state index in [-0.39, 0.29) is 0 Å². The molecule has 1 aromatic carbocycles. The summed E-state index contributed by atoms with van der Waals surface area (Å²) in [5.74, 6) is 1.49. The summed E-state index contributed by atoms with van der Waals surface area (Å²) in [5, 5.41) is 3.36. The van der Waals surface area contributed by atoms with E-state index >= 15 is 0 Å². The maximum absolute atomic E-state index is 6.00. The normalized spacial score (nSPS) is 17.7. The number of ether oxygens (including phenoxy) is 1. The van der Waals surface area contributed by atoms with Crippen LogP contribution in [0, 0.1) is 0 Å². The number of benzene rings is 1. The van der Waals surface area contributed by atoms with Crippen molar-refractivity contribution in [1.82, 2.24) is 5.32 Å². The van der Waals surface area contributed by atoms with Crippen LogP contribution in [0.4, 0.5) is 5.69 Å². The predicted molar refractivity (Wildman–Crippen MR) is 62.3 cm³/mol. The van der Waals surface area contributed by atoms with E-state index in [0.717, 1.165) is 37.4 Å². The topological polar surface area (TPSA) is 47.3 Å². The summed E-state index contributed by atoms with van der Waals surface area (Å²) in [4.78, 5) is 0. The fraction of sp³-hybridized carbons (Fsp3) is 0.500. The molecule has 0 amide bonds. The quantitative estimate of drug-likeness (QED) is 0.725. The largest absolute Gasteiger partial charge is 0.497 e. The minimum absolute atomic E-state index is 0.585. The molecule has 1 aliphatic heterocycles. The summed E-state index contributed by atoms with van der Waals surface area (Å²) in [5.41, 5.74) is 8.14. The molecule has 2 rings (SSSR count). The minimum atomic E-state index is 0.585. The molecule has 3 N–H and O–H groups in total. The van der Waals surface area contributed by atoms with Crippen LogP contribution in [-0.2, 0) is 0 Å². The Morgan fingerprint density at radius 2 is 2.07 bits per heavy atom. The Balaban J connectivity index is 2.24. The molecular weight excluding hydrogens is 188 g/mol. The number of piperidine rings is 1. The molecule has 0 spiro atoms. The lowest BCUT2D eigenvalue weighted by molar-refractivity contribution is 0.411. The Bertz CT molecular complexity index is 332. The van der Waals surface area contributed by atoms with Gasteiger partial charge >= 0.3 is 0 Å². The summed E-state index contributed by atoms with van der Waals surface area (Å²) in [7, 11) is 1.69. The highest BCUT2D eigenvalue weighted by molar-refractivity contribution is 5.52. The van der Waals surface area contributed by atoms with Gasteiger partial charge in [0.2, 0.25) is 0 Å². The second-order valence-corrected chi connectivity index (χ2v) is 4.02. The summed E-state index contributed by atoms with van der Waals surface area (Å²) in [6.45, 7) is 2.17. The van der Waals surface area contributed by atoms with Crippen LogP contribution in [0.25, 0.3) is 0 Å². The molecule has 3 heteroatoms. The van der Waals surface area contributed by atoms with Crippen molar-refractivity contribution >= 4 is 5.69 Å².